The average molecular weight is 482 g/mol. The monoisotopic (exact) mass is 481 g/mol. The van der Waals surface area contributed by atoms with Crippen molar-refractivity contribution in [1.29, 1.82) is 0 Å². The van der Waals surface area contributed by atoms with Crippen LogP contribution in [0.4, 0.5) is 0 Å². The van der Waals surface area contributed by atoms with Gasteiger partial charge in [-0.15, -0.1) is 5.10 Å². The highest BCUT2D eigenvalue weighted by Gasteiger charge is 2.26. The summed E-state index contributed by atoms with van der Waals surface area (Å²) >= 11 is 0. The Morgan fingerprint density at radius 3 is 2.51 bits per heavy atom. The fourth-order valence-corrected chi connectivity index (χ4v) is 3.97. The van der Waals surface area contributed by atoms with Gasteiger partial charge in [-0.05, 0) is 47.9 Å². The van der Waals surface area contributed by atoms with Crippen LogP contribution in [-0.4, -0.2) is 49.5 Å². The van der Waals surface area contributed by atoms with E-state index in [1.54, 1.807) is 17.7 Å². The number of carbonyl (C=O) groups excluding carboxylic acids is 2. The lowest BCUT2D eigenvalue weighted by Gasteiger charge is -2.25. The van der Waals surface area contributed by atoms with Crippen molar-refractivity contribution in [1.82, 2.24) is 15.0 Å². The molecule has 1 unspecified atom stereocenters. The van der Waals surface area contributed by atoms with E-state index in [2.05, 4.69) is 10.3 Å². The molecular weight excluding hydrogens is 450 g/mol. The highest BCUT2D eigenvalue weighted by atomic mass is 16.5. The number of aromatic nitrogens is 3. The molecule has 0 aliphatic rings. The maximum atomic E-state index is 11.7. The van der Waals surface area contributed by atoms with Gasteiger partial charge in [0.15, 0.2) is 0 Å². The number of aliphatic carboxylic acids is 1. The van der Waals surface area contributed by atoms with E-state index in [1.165, 1.54) is 0 Å². The first-order chi connectivity index (χ1) is 16.5. The van der Waals surface area contributed by atoms with Crippen molar-refractivity contribution >= 4 is 28.8 Å². The van der Waals surface area contributed by atoms with Crippen LogP contribution in [0.1, 0.15) is 70.4 Å². The number of carbonyl (C=O) groups is 3. The lowest BCUT2D eigenvalue weighted by molar-refractivity contribution is -0.153. The van der Waals surface area contributed by atoms with Crippen molar-refractivity contribution < 1.29 is 29.3 Å². The second kappa shape index (κ2) is 10.7. The number of phenolic OH excluding ortho intramolecular Hbond substituents is 1. The van der Waals surface area contributed by atoms with Crippen LogP contribution >= 0.6 is 0 Å². The molecule has 0 saturated carbocycles. The fraction of sp³-hybridized carbons (Fsp3) is 0.423. The van der Waals surface area contributed by atoms with E-state index >= 15 is 0 Å². The van der Waals surface area contributed by atoms with Crippen molar-refractivity contribution in [2.45, 2.75) is 64.7 Å². The van der Waals surface area contributed by atoms with Crippen LogP contribution in [0.3, 0.4) is 0 Å². The van der Waals surface area contributed by atoms with Gasteiger partial charge >= 0.3 is 11.9 Å². The third kappa shape index (κ3) is 6.03. The fourth-order valence-electron chi connectivity index (χ4n) is 3.97. The molecule has 1 atom stereocenters. The SMILES string of the molecule is CCC(=O)C(=O)OCCCC(CC(=O)O)c1cc(-n2nnc3ccccc32)c(O)c(C(C)(C)C)c1. The van der Waals surface area contributed by atoms with Crippen molar-refractivity contribution in [3.63, 3.8) is 0 Å². The molecule has 9 heteroatoms. The van der Waals surface area contributed by atoms with Crippen LogP contribution in [-0.2, 0) is 24.5 Å². The van der Waals surface area contributed by atoms with Gasteiger partial charge in [0.1, 0.15) is 17.0 Å². The van der Waals surface area contributed by atoms with Crippen LogP contribution in [0.25, 0.3) is 16.7 Å². The molecule has 2 aromatic carbocycles. The summed E-state index contributed by atoms with van der Waals surface area (Å²) in [6, 6.07) is 10.9. The number of fused-ring (bicyclic) bond motifs is 1. The number of phenols is 1. The second-order valence-corrected chi connectivity index (χ2v) is 9.53. The largest absolute Gasteiger partial charge is 0.505 e. The van der Waals surface area contributed by atoms with Crippen molar-refractivity contribution in [2.24, 2.45) is 0 Å². The topological polar surface area (TPSA) is 132 Å². The standard InChI is InChI=1S/C26H31N3O6/c1-5-22(30)25(34)35-12-8-9-16(15-23(31)32)17-13-18(26(2,3)4)24(33)21(14-17)29-20-11-7-6-10-19(20)27-28-29/h6-7,10-11,13-14,16,33H,5,8-9,12,15H2,1-4H3,(H,31,32). The zero-order chi connectivity index (χ0) is 25.8. The summed E-state index contributed by atoms with van der Waals surface area (Å²) < 4.78 is 6.57. The second-order valence-electron chi connectivity index (χ2n) is 9.53. The Balaban J connectivity index is 1.99. The van der Waals surface area contributed by atoms with Gasteiger partial charge in [-0.25, -0.2) is 9.48 Å². The summed E-state index contributed by atoms with van der Waals surface area (Å²) in [5.74, 6) is -2.79. The maximum absolute atomic E-state index is 11.7. The zero-order valence-corrected chi connectivity index (χ0v) is 20.4. The summed E-state index contributed by atoms with van der Waals surface area (Å²) in [4.78, 5) is 34.7. The van der Waals surface area contributed by atoms with Crippen molar-refractivity contribution in [2.75, 3.05) is 6.61 Å². The molecule has 0 radical (unpaired) electrons. The minimum atomic E-state index is -0.966. The Morgan fingerprint density at radius 1 is 1.14 bits per heavy atom. The number of esters is 1. The van der Waals surface area contributed by atoms with E-state index in [-0.39, 0.29) is 25.2 Å². The van der Waals surface area contributed by atoms with E-state index in [4.69, 9.17) is 4.74 Å². The molecule has 2 N–H and O–H groups in total. The van der Waals surface area contributed by atoms with Gasteiger partial charge in [0, 0.05) is 12.0 Å². The molecule has 1 heterocycles. The summed E-state index contributed by atoms with van der Waals surface area (Å²) in [5, 5.41) is 29.2. The minimum absolute atomic E-state index is 0.0193. The van der Waals surface area contributed by atoms with Crippen molar-refractivity contribution in [3.05, 3.63) is 47.5 Å². The number of para-hydroxylation sites is 1. The van der Waals surface area contributed by atoms with Gasteiger partial charge < -0.3 is 14.9 Å². The van der Waals surface area contributed by atoms with Crippen LogP contribution in [0.15, 0.2) is 36.4 Å². The van der Waals surface area contributed by atoms with Gasteiger partial charge in [0.2, 0.25) is 5.78 Å². The average Bonchev–Trinajstić information content (AvgIpc) is 3.23. The van der Waals surface area contributed by atoms with Crippen molar-refractivity contribution in [3.8, 4) is 11.4 Å². The van der Waals surface area contributed by atoms with Gasteiger partial charge in [-0.1, -0.05) is 51.1 Å². The molecule has 3 rings (SSSR count). The molecular formula is C26H31N3O6. The lowest BCUT2D eigenvalue weighted by atomic mass is 9.81. The summed E-state index contributed by atoms with van der Waals surface area (Å²) in [6.07, 6.45) is 0.719. The van der Waals surface area contributed by atoms with Gasteiger partial charge in [0.25, 0.3) is 0 Å². The lowest BCUT2D eigenvalue weighted by Crippen LogP contribution is -2.18. The molecule has 0 aliphatic carbocycles. The molecule has 0 spiro atoms. The Kier molecular flexibility index (Phi) is 7.89. The first kappa shape index (κ1) is 25.9. The Hall–Kier alpha value is -3.75. The highest BCUT2D eigenvalue weighted by molar-refractivity contribution is 6.33. The molecule has 35 heavy (non-hydrogen) atoms. The number of hydrogen-bond acceptors (Lipinski definition) is 7. The molecule has 0 aliphatic heterocycles. The van der Waals surface area contributed by atoms with E-state index < -0.39 is 29.1 Å². The van der Waals surface area contributed by atoms with Gasteiger partial charge in [0.05, 0.1) is 18.5 Å². The molecule has 1 aromatic heterocycles. The quantitative estimate of drug-likeness (QED) is 0.249. The Labute approximate surface area is 203 Å². The summed E-state index contributed by atoms with van der Waals surface area (Å²) in [5.41, 5.74) is 2.73. The van der Waals surface area contributed by atoms with Gasteiger partial charge in [-0.3, -0.25) is 9.59 Å². The Morgan fingerprint density at radius 2 is 1.86 bits per heavy atom. The maximum Gasteiger partial charge on any atom is 0.374 e. The number of benzene rings is 2. The molecule has 0 saturated heterocycles. The smallest absolute Gasteiger partial charge is 0.374 e. The molecule has 0 amide bonds. The first-order valence-corrected chi connectivity index (χ1v) is 11.6. The third-order valence-electron chi connectivity index (χ3n) is 5.87. The molecule has 0 fully saturated rings. The van der Waals surface area contributed by atoms with Crippen LogP contribution in [0.2, 0.25) is 0 Å². The number of Topliss-reactive ketones (excluding diaryl/α,β-unsaturated/α-hetero) is 1. The number of ether oxygens (including phenoxy) is 1. The summed E-state index contributed by atoms with van der Waals surface area (Å²) in [7, 11) is 0. The number of carboxylic acids is 1. The van der Waals surface area contributed by atoms with E-state index in [0.717, 1.165) is 5.56 Å². The number of carboxylic acid groups (broad SMARTS) is 1. The van der Waals surface area contributed by atoms with E-state index in [9.17, 15) is 24.6 Å². The normalized spacial score (nSPS) is 12.5. The number of hydrogen-bond donors (Lipinski definition) is 2. The predicted octanol–water partition coefficient (Wildman–Crippen LogP) is 4.28. The van der Waals surface area contributed by atoms with Crippen LogP contribution in [0.5, 0.6) is 5.75 Å². The van der Waals surface area contributed by atoms with Gasteiger partial charge in [-0.2, -0.15) is 0 Å². The number of rotatable bonds is 10. The van der Waals surface area contributed by atoms with Crippen LogP contribution in [0, 0.1) is 0 Å². The number of ketones is 1. The minimum Gasteiger partial charge on any atom is -0.505 e. The van der Waals surface area contributed by atoms with E-state index in [1.807, 2.05) is 51.1 Å². The number of aromatic hydroxyl groups is 1. The molecule has 3 aromatic rings. The highest BCUT2D eigenvalue weighted by Crippen LogP contribution is 2.40. The van der Waals surface area contributed by atoms with E-state index in [0.29, 0.717) is 35.1 Å². The summed E-state index contributed by atoms with van der Waals surface area (Å²) in [6.45, 7) is 7.49. The molecule has 9 nitrogen and oxygen atoms in total. The first-order valence-electron chi connectivity index (χ1n) is 11.6. The third-order valence-corrected chi connectivity index (χ3v) is 5.87. The molecule has 0 bridgehead atoms. The molecule has 186 valence electrons. The number of nitrogens with zero attached hydrogens (tertiary/aromatic N) is 3. The van der Waals surface area contributed by atoms with Crippen LogP contribution < -0.4 is 0 Å². The Bertz CT molecular complexity index is 1240. The zero-order valence-electron chi connectivity index (χ0n) is 20.4. The predicted molar refractivity (Wildman–Crippen MR) is 130 cm³/mol.